The van der Waals surface area contributed by atoms with E-state index in [1.807, 2.05) is 0 Å². The number of carboxylic acid groups (broad SMARTS) is 1. The number of hydrogen-bond acceptors (Lipinski definition) is 5. The summed E-state index contributed by atoms with van der Waals surface area (Å²) < 4.78 is 3.62. The van der Waals surface area contributed by atoms with Gasteiger partial charge in [0.25, 0.3) is 5.91 Å². The number of nitrogens with one attached hydrogen (secondary N) is 1. The van der Waals surface area contributed by atoms with Crippen LogP contribution in [0.3, 0.4) is 0 Å². The molecule has 0 fully saturated rings. The standard InChI is InChI=1S/C13H13N3O3S/c1-13(2,12(18)19)8-3-5-9(6-4-8)14-11(17)10-7-20-16-15-10/h3-7H,1-2H3,(H,14,17)(H,18,19). The van der Waals surface area contributed by atoms with Gasteiger partial charge in [-0.1, -0.05) is 16.6 Å². The lowest BCUT2D eigenvalue weighted by Gasteiger charge is -2.19. The van der Waals surface area contributed by atoms with Gasteiger partial charge < -0.3 is 10.4 Å². The lowest BCUT2D eigenvalue weighted by atomic mass is 9.85. The largest absolute Gasteiger partial charge is 0.481 e. The minimum Gasteiger partial charge on any atom is -0.481 e. The van der Waals surface area contributed by atoms with Crippen molar-refractivity contribution >= 4 is 29.1 Å². The number of rotatable bonds is 4. The molecule has 0 saturated heterocycles. The van der Waals surface area contributed by atoms with Crippen LogP contribution < -0.4 is 5.32 Å². The number of hydrogen-bond donors (Lipinski definition) is 2. The smallest absolute Gasteiger partial charge is 0.313 e. The van der Waals surface area contributed by atoms with Gasteiger partial charge in [-0.25, -0.2) is 0 Å². The number of amides is 1. The maximum Gasteiger partial charge on any atom is 0.313 e. The van der Waals surface area contributed by atoms with E-state index >= 15 is 0 Å². The van der Waals surface area contributed by atoms with E-state index in [9.17, 15) is 9.59 Å². The van der Waals surface area contributed by atoms with Gasteiger partial charge in [0.15, 0.2) is 5.69 Å². The maximum absolute atomic E-state index is 11.8. The van der Waals surface area contributed by atoms with E-state index in [0.717, 1.165) is 11.5 Å². The van der Waals surface area contributed by atoms with E-state index in [1.54, 1.807) is 43.5 Å². The average molecular weight is 291 g/mol. The Balaban J connectivity index is 2.13. The SMILES string of the molecule is CC(C)(C(=O)O)c1ccc(NC(=O)c2csnn2)cc1. The van der Waals surface area contributed by atoms with Crippen molar-refractivity contribution in [3.05, 3.63) is 40.9 Å². The van der Waals surface area contributed by atoms with Crippen LogP contribution in [0.15, 0.2) is 29.6 Å². The van der Waals surface area contributed by atoms with E-state index in [1.165, 1.54) is 0 Å². The Morgan fingerprint density at radius 3 is 2.40 bits per heavy atom. The first-order valence-electron chi connectivity index (χ1n) is 5.83. The average Bonchev–Trinajstić information content (AvgIpc) is 2.93. The van der Waals surface area contributed by atoms with Crippen LogP contribution in [0.25, 0.3) is 0 Å². The second-order valence-corrected chi connectivity index (χ2v) is 5.36. The van der Waals surface area contributed by atoms with Gasteiger partial charge in [0, 0.05) is 11.1 Å². The second kappa shape index (κ2) is 5.38. The number of carbonyl (C=O) groups excluding carboxylic acids is 1. The number of carboxylic acids is 1. The van der Waals surface area contributed by atoms with Gasteiger partial charge in [0.2, 0.25) is 0 Å². The van der Waals surface area contributed by atoms with Crippen molar-refractivity contribution in [2.24, 2.45) is 0 Å². The summed E-state index contributed by atoms with van der Waals surface area (Å²) >= 11 is 1.10. The highest BCUT2D eigenvalue weighted by molar-refractivity contribution is 7.03. The molecule has 1 aromatic heterocycles. The highest BCUT2D eigenvalue weighted by Gasteiger charge is 2.29. The molecular formula is C13H13N3O3S. The summed E-state index contributed by atoms with van der Waals surface area (Å²) in [4.78, 5) is 22.9. The Morgan fingerprint density at radius 2 is 1.90 bits per heavy atom. The Hall–Kier alpha value is -2.28. The predicted molar refractivity (Wildman–Crippen MR) is 75.0 cm³/mol. The van der Waals surface area contributed by atoms with E-state index in [4.69, 9.17) is 5.11 Å². The van der Waals surface area contributed by atoms with Crippen molar-refractivity contribution in [3.63, 3.8) is 0 Å². The van der Waals surface area contributed by atoms with Crippen LogP contribution in [0.5, 0.6) is 0 Å². The maximum atomic E-state index is 11.8. The first-order valence-corrected chi connectivity index (χ1v) is 6.67. The molecule has 1 heterocycles. The second-order valence-electron chi connectivity index (χ2n) is 4.75. The fourth-order valence-corrected chi connectivity index (χ4v) is 1.99. The minimum atomic E-state index is -0.971. The van der Waals surface area contributed by atoms with E-state index in [0.29, 0.717) is 11.3 Å². The van der Waals surface area contributed by atoms with Gasteiger partial charge in [0.1, 0.15) is 0 Å². The van der Waals surface area contributed by atoms with Gasteiger partial charge in [-0.15, -0.1) is 5.10 Å². The van der Waals surface area contributed by atoms with Crippen molar-refractivity contribution in [1.82, 2.24) is 9.59 Å². The molecule has 0 bridgehead atoms. The summed E-state index contributed by atoms with van der Waals surface area (Å²) in [6.07, 6.45) is 0. The summed E-state index contributed by atoms with van der Waals surface area (Å²) in [5, 5.41) is 17.0. The minimum absolute atomic E-state index is 0.255. The number of carbonyl (C=O) groups is 2. The molecule has 7 heteroatoms. The lowest BCUT2D eigenvalue weighted by Crippen LogP contribution is -2.28. The molecule has 1 amide bonds. The van der Waals surface area contributed by atoms with Gasteiger partial charge in [0.05, 0.1) is 5.41 Å². The molecular weight excluding hydrogens is 278 g/mol. The number of nitrogens with zero attached hydrogens (tertiary/aromatic N) is 2. The summed E-state index contributed by atoms with van der Waals surface area (Å²) in [5.41, 5.74) is 0.526. The molecule has 1 aromatic carbocycles. The first-order chi connectivity index (χ1) is 9.41. The third-order valence-electron chi connectivity index (χ3n) is 2.99. The molecule has 0 atom stereocenters. The summed E-state index contributed by atoms with van der Waals surface area (Å²) in [6.45, 7) is 3.26. The zero-order valence-electron chi connectivity index (χ0n) is 11.0. The van der Waals surface area contributed by atoms with E-state index < -0.39 is 11.4 Å². The van der Waals surface area contributed by atoms with Crippen LogP contribution in [0.1, 0.15) is 29.9 Å². The molecule has 0 aliphatic heterocycles. The Bertz CT molecular complexity index is 621. The summed E-state index contributed by atoms with van der Waals surface area (Å²) in [6, 6.07) is 6.70. The van der Waals surface area contributed by atoms with Crippen molar-refractivity contribution in [1.29, 1.82) is 0 Å². The topological polar surface area (TPSA) is 92.2 Å². The molecule has 2 rings (SSSR count). The highest BCUT2D eigenvalue weighted by atomic mass is 32.1. The van der Waals surface area contributed by atoms with Gasteiger partial charge >= 0.3 is 5.97 Å². The third kappa shape index (κ3) is 2.83. The van der Waals surface area contributed by atoms with Crippen LogP contribution >= 0.6 is 11.5 Å². The predicted octanol–water partition coefficient (Wildman–Crippen LogP) is 2.15. The van der Waals surface area contributed by atoms with Crippen molar-refractivity contribution in [2.75, 3.05) is 5.32 Å². The monoisotopic (exact) mass is 291 g/mol. The molecule has 0 radical (unpaired) electrons. The van der Waals surface area contributed by atoms with E-state index in [2.05, 4.69) is 14.9 Å². The third-order valence-corrected chi connectivity index (χ3v) is 3.50. The Morgan fingerprint density at radius 1 is 1.25 bits per heavy atom. The van der Waals surface area contributed by atoms with Crippen LogP contribution in [0.4, 0.5) is 5.69 Å². The molecule has 104 valence electrons. The summed E-state index contributed by atoms with van der Waals surface area (Å²) in [7, 11) is 0. The normalized spacial score (nSPS) is 11.1. The van der Waals surface area contributed by atoms with Gasteiger partial charge in [-0.2, -0.15) is 0 Å². The quantitative estimate of drug-likeness (QED) is 0.900. The number of benzene rings is 1. The molecule has 0 aliphatic rings. The van der Waals surface area contributed by atoms with Gasteiger partial charge in [-0.05, 0) is 43.1 Å². The number of aromatic nitrogens is 2. The Kier molecular flexibility index (Phi) is 3.80. The van der Waals surface area contributed by atoms with Crippen LogP contribution in [-0.4, -0.2) is 26.6 Å². The zero-order valence-corrected chi connectivity index (χ0v) is 11.8. The van der Waals surface area contributed by atoms with Gasteiger partial charge in [-0.3, -0.25) is 9.59 Å². The van der Waals surface area contributed by atoms with Crippen LogP contribution in [-0.2, 0) is 10.2 Å². The molecule has 0 aliphatic carbocycles. The fraction of sp³-hybridized carbons (Fsp3) is 0.231. The summed E-state index contributed by atoms with van der Waals surface area (Å²) in [5.74, 6) is -1.24. The zero-order chi connectivity index (χ0) is 14.8. The van der Waals surface area contributed by atoms with Crippen LogP contribution in [0.2, 0.25) is 0 Å². The Labute approximate surface area is 119 Å². The van der Waals surface area contributed by atoms with Crippen molar-refractivity contribution in [3.8, 4) is 0 Å². The number of aliphatic carboxylic acids is 1. The molecule has 0 unspecified atom stereocenters. The number of anilines is 1. The first kappa shape index (κ1) is 14.1. The van der Waals surface area contributed by atoms with Crippen LogP contribution in [0, 0.1) is 0 Å². The molecule has 2 N–H and O–H groups in total. The highest BCUT2D eigenvalue weighted by Crippen LogP contribution is 2.24. The molecule has 0 spiro atoms. The lowest BCUT2D eigenvalue weighted by molar-refractivity contribution is -0.142. The molecule has 0 saturated carbocycles. The van der Waals surface area contributed by atoms with E-state index in [-0.39, 0.29) is 11.6 Å². The van der Waals surface area contributed by atoms with Crippen molar-refractivity contribution < 1.29 is 14.7 Å². The molecule has 2 aromatic rings. The molecule has 20 heavy (non-hydrogen) atoms. The molecule has 6 nitrogen and oxygen atoms in total. The fourth-order valence-electron chi connectivity index (χ4n) is 1.55. The van der Waals surface area contributed by atoms with Crippen molar-refractivity contribution in [2.45, 2.75) is 19.3 Å².